The zero-order valence-electron chi connectivity index (χ0n) is 11.9. The van der Waals surface area contributed by atoms with E-state index in [0.717, 1.165) is 25.7 Å². The Kier molecular flexibility index (Phi) is 4.59. The van der Waals surface area contributed by atoms with E-state index in [1.165, 1.54) is 11.1 Å². The SMILES string of the molecule is CCCC(N)CC(=O)N(C)C1CCc2ccccc21. The second-order valence-corrected chi connectivity index (χ2v) is 5.51. The van der Waals surface area contributed by atoms with E-state index in [4.69, 9.17) is 5.73 Å². The molecule has 1 aromatic rings. The molecule has 2 rings (SSSR count). The van der Waals surface area contributed by atoms with E-state index in [1.807, 2.05) is 11.9 Å². The smallest absolute Gasteiger partial charge is 0.224 e. The van der Waals surface area contributed by atoms with Crippen LogP contribution in [0.1, 0.15) is 49.8 Å². The summed E-state index contributed by atoms with van der Waals surface area (Å²) in [5.74, 6) is 0.169. The molecule has 1 amide bonds. The first-order valence-corrected chi connectivity index (χ1v) is 7.22. The Bertz CT molecular complexity index is 444. The van der Waals surface area contributed by atoms with Gasteiger partial charge in [-0.15, -0.1) is 0 Å². The van der Waals surface area contributed by atoms with Crippen molar-refractivity contribution in [2.45, 2.75) is 51.1 Å². The predicted octanol–water partition coefficient (Wildman–Crippen LogP) is 2.65. The van der Waals surface area contributed by atoms with Gasteiger partial charge in [0.15, 0.2) is 0 Å². The number of nitrogens with zero attached hydrogens (tertiary/aromatic N) is 1. The van der Waals surface area contributed by atoms with E-state index in [0.29, 0.717) is 6.42 Å². The van der Waals surface area contributed by atoms with Gasteiger partial charge in [0.05, 0.1) is 6.04 Å². The number of fused-ring (bicyclic) bond motifs is 1. The van der Waals surface area contributed by atoms with Crippen LogP contribution in [0.5, 0.6) is 0 Å². The van der Waals surface area contributed by atoms with Gasteiger partial charge >= 0.3 is 0 Å². The third-order valence-corrected chi connectivity index (χ3v) is 4.06. The molecule has 104 valence electrons. The second-order valence-electron chi connectivity index (χ2n) is 5.51. The molecule has 2 unspecified atom stereocenters. The number of rotatable bonds is 5. The van der Waals surface area contributed by atoms with E-state index in [1.54, 1.807) is 0 Å². The normalized spacial score (nSPS) is 19.0. The highest BCUT2D eigenvalue weighted by molar-refractivity contribution is 5.77. The van der Waals surface area contributed by atoms with Gasteiger partial charge in [-0.05, 0) is 30.4 Å². The van der Waals surface area contributed by atoms with Crippen molar-refractivity contribution in [1.82, 2.24) is 4.90 Å². The minimum Gasteiger partial charge on any atom is -0.339 e. The van der Waals surface area contributed by atoms with Crippen molar-refractivity contribution in [1.29, 1.82) is 0 Å². The number of amides is 1. The molecular formula is C16H24N2O. The van der Waals surface area contributed by atoms with Crippen LogP contribution in [0.25, 0.3) is 0 Å². The molecule has 0 aliphatic heterocycles. The molecule has 2 N–H and O–H groups in total. The molecule has 3 nitrogen and oxygen atoms in total. The van der Waals surface area contributed by atoms with Crippen LogP contribution in [0.3, 0.4) is 0 Å². The van der Waals surface area contributed by atoms with Crippen LogP contribution in [0, 0.1) is 0 Å². The molecule has 0 heterocycles. The summed E-state index contributed by atoms with van der Waals surface area (Å²) in [6.45, 7) is 2.10. The van der Waals surface area contributed by atoms with Crippen LogP contribution in [0.4, 0.5) is 0 Å². The van der Waals surface area contributed by atoms with Crippen molar-refractivity contribution in [2.24, 2.45) is 5.73 Å². The van der Waals surface area contributed by atoms with E-state index in [2.05, 4.69) is 31.2 Å². The van der Waals surface area contributed by atoms with Crippen LogP contribution < -0.4 is 5.73 Å². The van der Waals surface area contributed by atoms with E-state index in [9.17, 15) is 4.79 Å². The van der Waals surface area contributed by atoms with Crippen molar-refractivity contribution in [3.05, 3.63) is 35.4 Å². The zero-order valence-corrected chi connectivity index (χ0v) is 11.9. The van der Waals surface area contributed by atoms with Crippen molar-refractivity contribution >= 4 is 5.91 Å². The van der Waals surface area contributed by atoms with Crippen LogP contribution in [-0.2, 0) is 11.2 Å². The minimum absolute atomic E-state index is 0.00315. The summed E-state index contributed by atoms with van der Waals surface area (Å²) in [6, 6.07) is 8.66. The largest absolute Gasteiger partial charge is 0.339 e. The standard InChI is InChI=1S/C16H24N2O/c1-3-6-13(17)11-16(19)18(2)15-10-9-12-7-4-5-8-14(12)15/h4-5,7-8,13,15H,3,6,9-11,17H2,1-2H3. The quantitative estimate of drug-likeness (QED) is 0.884. The van der Waals surface area contributed by atoms with Crippen molar-refractivity contribution in [3.8, 4) is 0 Å². The van der Waals surface area contributed by atoms with Crippen molar-refractivity contribution in [3.63, 3.8) is 0 Å². The van der Waals surface area contributed by atoms with E-state index in [-0.39, 0.29) is 18.0 Å². The number of aryl methyl sites for hydroxylation is 1. The van der Waals surface area contributed by atoms with Gasteiger partial charge in [0, 0.05) is 19.5 Å². The molecule has 1 aliphatic carbocycles. The summed E-state index contributed by atoms with van der Waals surface area (Å²) in [5.41, 5.74) is 8.66. The van der Waals surface area contributed by atoms with Crippen molar-refractivity contribution < 1.29 is 4.79 Å². The van der Waals surface area contributed by atoms with Gasteiger partial charge in [0.1, 0.15) is 0 Å². The Labute approximate surface area is 115 Å². The fourth-order valence-corrected chi connectivity index (χ4v) is 2.95. The molecule has 19 heavy (non-hydrogen) atoms. The first-order chi connectivity index (χ1) is 9.13. The number of carbonyl (C=O) groups excluding carboxylic acids is 1. The first-order valence-electron chi connectivity index (χ1n) is 7.22. The van der Waals surface area contributed by atoms with E-state index < -0.39 is 0 Å². The molecule has 3 heteroatoms. The molecular weight excluding hydrogens is 236 g/mol. The molecule has 0 spiro atoms. The lowest BCUT2D eigenvalue weighted by Gasteiger charge is -2.26. The lowest BCUT2D eigenvalue weighted by Crippen LogP contribution is -2.35. The minimum atomic E-state index is -0.00315. The van der Waals surface area contributed by atoms with Crippen LogP contribution in [-0.4, -0.2) is 23.9 Å². The second kappa shape index (κ2) is 6.20. The highest BCUT2D eigenvalue weighted by Crippen LogP contribution is 2.35. The topological polar surface area (TPSA) is 46.3 Å². The van der Waals surface area contributed by atoms with Gasteiger partial charge in [0.2, 0.25) is 5.91 Å². The third-order valence-electron chi connectivity index (χ3n) is 4.06. The Balaban J connectivity index is 2.01. The fraction of sp³-hybridized carbons (Fsp3) is 0.562. The Morgan fingerprint density at radius 2 is 2.21 bits per heavy atom. The molecule has 1 aliphatic rings. The Hall–Kier alpha value is -1.35. The van der Waals surface area contributed by atoms with Crippen LogP contribution >= 0.6 is 0 Å². The average Bonchev–Trinajstić information content (AvgIpc) is 2.81. The molecule has 0 fully saturated rings. The maximum Gasteiger partial charge on any atom is 0.224 e. The number of hydrogen-bond acceptors (Lipinski definition) is 2. The van der Waals surface area contributed by atoms with Gasteiger partial charge in [-0.3, -0.25) is 4.79 Å². The number of hydrogen-bond donors (Lipinski definition) is 1. The average molecular weight is 260 g/mol. The molecule has 1 aromatic carbocycles. The lowest BCUT2D eigenvalue weighted by molar-refractivity contribution is -0.132. The van der Waals surface area contributed by atoms with Crippen LogP contribution in [0.2, 0.25) is 0 Å². The summed E-state index contributed by atoms with van der Waals surface area (Å²) < 4.78 is 0. The maximum atomic E-state index is 12.3. The van der Waals surface area contributed by atoms with Gasteiger partial charge in [-0.2, -0.15) is 0 Å². The molecule has 0 bridgehead atoms. The Morgan fingerprint density at radius 1 is 1.47 bits per heavy atom. The summed E-state index contributed by atoms with van der Waals surface area (Å²) in [5, 5.41) is 0. The lowest BCUT2D eigenvalue weighted by atomic mass is 10.1. The highest BCUT2D eigenvalue weighted by Gasteiger charge is 2.28. The van der Waals surface area contributed by atoms with Crippen LogP contribution in [0.15, 0.2) is 24.3 Å². The molecule has 0 radical (unpaired) electrons. The third kappa shape index (κ3) is 3.16. The molecule has 0 aromatic heterocycles. The number of carbonyl (C=O) groups is 1. The van der Waals surface area contributed by atoms with Gasteiger partial charge < -0.3 is 10.6 Å². The highest BCUT2D eigenvalue weighted by atomic mass is 16.2. The fourth-order valence-electron chi connectivity index (χ4n) is 2.95. The summed E-state index contributed by atoms with van der Waals surface area (Å²) in [4.78, 5) is 14.2. The molecule has 0 saturated carbocycles. The number of benzene rings is 1. The van der Waals surface area contributed by atoms with Crippen molar-refractivity contribution in [2.75, 3.05) is 7.05 Å². The first kappa shape index (κ1) is 14.1. The summed E-state index contributed by atoms with van der Waals surface area (Å²) >= 11 is 0. The van der Waals surface area contributed by atoms with Gasteiger partial charge in [-0.1, -0.05) is 37.6 Å². The monoisotopic (exact) mass is 260 g/mol. The summed E-state index contributed by atoms with van der Waals surface area (Å²) in [6.07, 6.45) is 4.51. The van der Waals surface area contributed by atoms with Gasteiger partial charge in [-0.25, -0.2) is 0 Å². The predicted molar refractivity (Wildman–Crippen MR) is 77.8 cm³/mol. The molecule has 2 atom stereocenters. The van der Waals surface area contributed by atoms with E-state index >= 15 is 0 Å². The zero-order chi connectivity index (χ0) is 13.8. The molecule has 0 saturated heterocycles. The number of nitrogens with two attached hydrogens (primary N) is 1. The van der Waals surface area contributed by atoms with Gasteiger partial charge in [0.25, 0.3) is 0 Å². The Morgan fingerprint density at radius 3 is 2.95 bits per heavy atom. The maximum absolute atomic E-state index is 12.3. The summed E-state index contributed by atoms with van der Waals surface area (Å²) in [7, 11) is 1.91.